The zero-order valence-corrected chi connectivity index (χ0v) is 13.7. The topological polar surface area (TPSA) is 49.3 Å². The summed E-state index contributed by atoms with van der Waals surface area (Å²) in [5.41, 5.74) is 0.351. The summed E-state index contributed by atoms with van der Waals surface area (Å²) in [6.07, 6.45) is 13.4. The number of aliphatic hydroxyl groups is 1. The lowest BCUT2D eigenvalue weighted by atomic mass is 9.49. The van der Waals surface area contributed by atoms with E-state index in [1.54, 1.807) is 0 Å². The predicted molar refractivity (Wildman–Crippen MR) is 86.2 cm³/mol. The third-order valence-electron chi connectivity index (χ3n) is 7.11. The first kappa shape index (κ1) is 15.0. The Morgan fingerprint density at radius 2 is 1.64 bits per heavy atom. The van der Waals surface area contributed by atoms with Gasteiger partial charge in [-0.2, -0.15) is 0 Å². The lowest BCUT2D eigenvalue weighted by molar-refractivity contribution is -0.130. The van der Waals surface area contributed by atoms with Crippen molar-refractivity contribution in [2.24, 2.45) is 29.1 Å². The van der Waals surface area contributed by atoms with Crippen molar-refractivity contribution in [1.82, 2.24) is 5.32 Å². The van der Waals surface area contributed by atoms with Crippen molar-refractivity contribution in [3.8, 4) is 0 Å². The zero-order valence-electron chi connectivity index (χ0n) is 13.7. The first-order valence-corrected chi connectivity index (χ1v) is 9.54. The van der Waals surface area contributed by atoms with Crippen LogP contribution in [-0.2, 0) is 4.79 Å². The predicted octanol–water partition coefficient (Wildman–Crippen LogP) is 3.26. The Morgan fingerprint density at radius 3 is 2.23 bits per heavy atom. The summed E-state index contributed by atoms with van der Waals surface area (Å²) in [5, 5.41) is 12.6. The molecule has 3 heteroatoms. The van der Waals surface area contributed by atoms with Crippen LogP contribution in [0.3, 0.4) is 0 Å². The number of carbonyl (C=O) groups excluding carboxylic acids is 1. The highest BCUT2D eigenvalue weighted by Gasteiger charge is 2.51. The quantitative estimate of drug-likeness (QED) is 0.837. The molecular weight excluding hydrogens is 274 g/mol. The van der Waals surface area contributed by atoms with E-state index < -0.39 is 0 Å². The third-order valence-corrected chi connectivity index (χ3v) is 7.11. The fraction of sp³-hybridized carbons (Fsp3) is 0.947. The van der Waals surface area contributed by atoms with Crippen LogP contribution in [0.25, 0.3) is 0 Å². The number of hydrogen-bond acceptors (Lipinski definition) is 2. The molecule has 0 aliphatic heterocycles. The first-order chi connectivity index (χ1) is 10.6. The average Bonchev–Trinajstić information content (AvgIpc) is 2.45. The molecule has 2 atom stereocenters. The van der Waals surface area contributed by atoms with Gasteiger partial charge >= 0.3 is 0 Å². The first-order valence-electron chi connectivity index (χ1n) is 9.54. The minimum absolute atomic E-state index is 0.279. The Labute approximate surface area is 134 Å². The zero-order chi connectivity index (χ0) is 15.2. The van der Waals surface area contributed by atoms with Gasteiger partial charge in [-0.15, -0.1) is 0 Å². The number of aliphatic hydroxyl groups excluding tert-OH is 1. The van der Waals surface area contributed by atoms with Gasteiger partial charge < -0.3 is 10.4 Å². The fourth-order valence-corrected chi connectivity index (χ4v) is 6.71. The molecule has 1 amide bonds. The number of nitrogens with one attached hydrogen (secondary N) is 1. The molecule has 5 fully saturated rings. The van der Waals surface area contributed by atoms with Gasteiger partial charge in [0.25, 0.3) is 0 Å². The van der Waals surface area contributed by atoms with Gasteiger partial charge in [-0.05, 0) is 86.9 Å². The summed E-state index contributed by atoms with van der Waals surface area (Å²) < 4.78 is 0. The lowest BCUT2D eigenvalue weighted by Crippen LogP contribution is -2.49. The Bertz CT molecular complexity index is 398. The maximum atomic E-state index is 12.6. The molecule has 4 bridgehead atoms. The molecule has 5 rings (SSSR count). The lowest BCUT2D eigenvalue weighted by Gasteiger charge is -2.56. The van der Waals surface area contributed by atoms with Crippen molar-refractivity contribution in [3.05, 3.63) is 0 Å². The van der Waals surface area contributed by atoms with Crippen LogP contribution in [0.5, 0.6) is 0 Å². The van der Waals surface area contributed by atoms with E-state index in [0.717, 1.165) is 49.9 Å². The van der Waals surface area contributed by atoms with Crippen LogP contribution < -0.4 is 5.32 Å². The molecule has 0 aromatic heterocycles. The maximum Gasteiger partial charge on any atom is 0.220 e. The van der Waals surface area contributed by atoms with Gasteiger partial charge in [-0.1, -0.05) is 6.42 Å². The molecule has 5 aliphatic rings. The monoisotopic (exact) mass is 305 g/mol. The van der Waals surface area contributed by atoms with Crippen molar-refractivity contribution in [3.63, 3.8) is 0 Å². The summed E-state index contributed by atoms with van der Waals surface area (Å²) >= 11 is 0. The summed E-state index contributed by atoms with van der Waals surface area (Å²) in [7, 11) is 0. The van der Waals surface area contributed by atoms with Crippen LogP contribution in [0.15, 0.2) is 0 Å². The number of amides is 1. The van der Waals surface area contributed by atoms with Crippen LogP contribution in [0.2, 0.25) is 0 Å². The Kier molecular flexibility index (Phi) is 3.96. The van der Waals surface area contributed by atoms with Crippen LogP contribution >= 0.6 is 0 Å². The van der Waals surface area contributed by atoms with E-state index in [4.69, 9.17) is 0 Å². The smallest absolute Gasteiger partial charge is 0.220 e. The van der Waals surface area contributed by atoms with Crippen LogP contribution in [-0.4, -0.2) is 23.7 Å². The molecule has 5 saturated carbocycles. The van der Waals surface area contributed by atoms with Crippen molar-refractivity contribution in [2.75, 3.05) is 6.61 Å². The van der Waals surface area contributed by atoms with E-state index in [1.165, 1.54) is 38.5 Å². The number of rotatable bonds is 4. The van der Waals surface area contributed by atoms with Gasteiger partial charge in [0, 0.05) is 19.1 Å². The SMILES string of the molecule is O=C(CC12CC3CC(CC(C3)C1)C2)N[C@H]1CCC[C@@H](CO)C1. The molecule has 2 N–H and O–H groups in total. The Balaban J connectivity index is 1.34. The second-order valence-corrected chi connectivity index (χ2v) is 9.07. The molecular formula is C19H31NO2. The van der Waals surface area contributed by atoms with Crippen molar-refractivity contribution in [2.45, 2.75) is 76.7 Å². The minimum atomic E-state index is 0.279. The highest BCUT2D eigenvalue weighted by molar-refractivity contribution is 5.77. The normalized spacial score (nSPS) is 46.7. The molecule has 0 unspecified atom stereocenters. The van der Waals surface area contributed by atoms with E-state index in [-0.39, 0.29) is 6.61 Å². The molecule has 0 heterocycles. The molecule has 0 aromatic rings. The largest absolute Gasteiger partial charge is 0.396 e. The van der Waals surface area contributed by atoms with Gasteiger partial charge in [0.2, 0.25) is 5.91 Å². The Hall–Kier alpha value is -0.570. The van der Waals surface area contributed by atoms with Gasteiger partial charge in [0.15, 0.2) is 0 Å². The van der Waals surface area contributed by atoms with E-state index in [0.29, 0.717) is 23.3 Å². The van der Waals surface area contributed by atoms with E-state index in [2.05, 4.69) is 5.32 Å². The highest BCUT2D eigenvalue weighted by Crippen LogP contribution is 2.61. The van der Waals surface area contributed by atoms with Crippen LogP contribution in [0.1, 0.15) is 70.6 Å². The van der Waals surface area contributed by atoms with E-state index in [9.17, 15) is 9.90 Å². The summed E-state index contributed by atoms with van der Waals surface area (Å²) in [6.45, 7) is 0.279. The molecule has 0 spiro atoms. The average molecular weight is 305 g/mol. The van der Waals surface area contributed by atoms with Gasteiger partial charge in [-0.25, -0.2) is 0 Å². The van der Waals surface area contributed by atoms with Crippen molar-refractivity contribution >= 4 is 5.91 Å². The van der Waals surface area contributed by atoms with Gasteiger partial charge in [-0.3, -0.25) is 4.79 Å². The molecule has 22 heavy (non-hydrogen) atoms. The summed E-state index contributed by atoms with van der Waals surface area (Å²) in [4.78, 5) is 12.6. The van der Waals surface area contributed by atoms with E-state index in [1.807, 2.05) is 0 Å². The van der Waals surface area contributed by atoms with E-state index >= 15 is 0 Å². The second kappa shape index (κ2) is 5.81. The molecule has 0 radical (unpaired) electrons. The van der Waals surface area contributed by atoms with Crippen molar-refractivity contribution in [1.29, 1.82) is 0 Å². The maximum absolute atomic E-state index is 12.6. The molecule has 3 nitrogen and oxygen atoms in total. The van der Waals surface area contributed by atoms with Crippen molar-refractivity contribution < 1.29 is 9.90 Å². The molecule has 0 saturated heterocycles. The second-order valence-electron chi connectivity index (χ2n) is 9.07. The van der Waals surface area contributed by atoms with Gasteiger partial charge in [0.05, 0.1) is 0 Å². The van der Waals surface area contributed by atoms with Crippen LogP contribution in [0, 0.1) is 29.1 Å². The standard InChI is InChI=1S/C19H31NO2/c21-12-13-2-1-3-17(7-13)20-18(22)11-19-8-14-4-15(9-19)6-16(5-14)10-19/h13-17,21H,1-12H2,(H,20,22)/t13-,14?,15?,16?,17+,19?/m1/s1. The molecule has 5 aliphatic carbocycles. The summed E-state index contributed by atoms with van der Waals surface area (Å²) in [5.74, 6) is 3.47. The van der Waals surface area contributed by atoms with Gasteiger partial charge in [0.1, 0.15) is 0 Å². The summed E-state index contributed by atoms with van der Waals surface area (Å²) in [6, 6.07) is 0.312. The highest BCUT2D eigenvalue weighted by atomic mass is 16.3. The molecule has 0 aromatic carbocycles. The number of hydrogen-bond donors (Lipinski definition) is 2. The fourth-order valence-electron chi connectivity index (χ4n) is 6.71. The number of carbonyl (C=O) groups is 1. The van der Waals surface area contributed by atoms with Crippen LogP contribution in [0.4, 0.5) is 0 Å². The Morgan fingerprint density at radius 1 is 1.00 bits per heavy atom. The molecule has 124 valence electrons. The minimum Gasteiger partial charge on any atom is -0.396 e. The third kappa shape index (κ3) is 2.93.